The summed E-state index contributed by atoms with van der Waals surface area (Å²) in [7, 11) is 1.58. The van der Waals surface area contributed by atoms with Gasteiger partial charge in [-0.25, -0.2) is 0 Å². The molecule has 1 N–H and O–H groups in total. The fourth-order valence-electron chi connectivity index (χ4n) is 1.69. The molecule has 0 aliphatic rings. The number of aliphatic hydroxyl groups is 1. The van der Waals surface area contributed by atoms with Crippen molar-refractivity contribution in [3.63, 3.8) is 0 Å². The van der Waals surface area contributed by atoms with E-state index in [-0.39, 0.29) is 0 Å². The monoisotopic (exact) mass is 263 g/mol. The third-order valence-electron chi connectivity index (χ3n) is 2.70. The Morgan fingerprint density at radius 3 is 2.67 bits per heavy atom. The van der Waals surface area contributed by atoms with E-state index >= 15 is 0 Å². The highest BCUT2D eigenvalue weighted by molar-refractivity contribution is 6.30. The number of pyridine rings is 1. The van der Waals surface area contributed by atoms with Crippen LogP contribution in [0.2, 0.25) is 5.02 Å². The molecule has 0 amide bonds. The van der Waals surface area contributed by atoms with Gasteiger partial charge in [0.25, 0.3) is 0 Å². The van der Waals surface area contributed by atoms with E-state index in [9.17, 15) is 5.11 Å². The van der Waals surface area contributed by atoms with Crippen LogP contribution >= 0.6 is 11.6 Å². The summed E-state index contributed by atoms with van der Waals surface area (Å²) < 4.78 is 5.08. The van der Waals surface area contributed by atoms with Crippen LogP contribution in [-0.4, -0.2) is 17.2 Å². The number of nitrogens with zero attached hydrogens (tertiary/aromatic N) is 1. The molecule has 1 aromatic heterocycles. The first-order valence-corrected chi connectivity index (χ1v) is 5.98. The van der Waals surface area contributed by atoms with E-state index in [2.05, 4.69) is 4.98 Å². The maximum Gasteiger partial charge on any atom is 0.137 e. The largest absolute Gasteiger partial charge is 0.495 e. The minimum atomic E-state index is -0.603. The Morgan fingerprint density at radius 2 is 2.00 bits per heavy atom. The van der Waals surface area contributed by atoms with Crippen LogP contribution in [-0.2, 0) is 6.42 Å². The van der Waals surface area contributed by atoms with Crippen LogP contribution < -0.4 is 4.74 Å². The van der Waals surface area contributed by atoms with Gasteiger partial charge in [0.15, 0.2) is 0 Å². The summed E-state index contributed by atoms with van der Waals surface area (Å²) >= 11 is 5.82. The molecular weight excluding hydrogens is 250 g/mol. The van der Waals surface area contributed by atoms with Crippen molar-refractivity contribution in [2.24, 2.45) is 0 Å². The lowest BCUT2D eigenvalue weighted by Crippen LogP contribution is -2.02. The maximum absolute atomic E-state index is 10.1. The zero-order valence-corrected chi connectivity index (χ0v) is 10.8. The van der Waals surface area contributed by atoms with Gasteiger partial charge in [0.05, 0.1) is 19.4 Å². The first-order valence-electron chi connectivity index (χ1n) is 5.60. The van der Waals surface area contributed by atoms with Gasteiger partial charge in [-0.1, -0.05) is 23.7 Å². The number of hydrogen-bond donors (Lipinski definition) is 1. The average Bonchev–Trinajstić information content (AvgIpc) is 2.41. The van der Waals surface area contributed by atoms with E-state index < -0.39 is 6.10 Å². The molecule has 0 saturated carbocycles. The summed E-state index contributed by atoms with van der Waals surface area (Å²) in [5, 5.41) is 10.8. The van der Waals surface area contributed by atoms with E-state index in [1.807, 2.05) is 24.3 Å². The Kier molecular flexibility index (Phi) is 4.18. The standard InChI is InChI=1S/C14H14ClNO2/c1-18-13-7-11(8-16-9-13)14(17)6-10-2-4-12(15)5-3-10/h2-5,7-9,14,17H,6H2,1H3. The van der Waals surface area contributed by atoms with Crippen LogP contribution in [0.25, 0.3) is 0 Å². The smallest absolute Gasteiger partial charge is 0.137 e. The maximum atomic E-state index is 10.1. The predicted molar refractivity (Wildman–Crippen MR) is 70.9 cm³/mol. The summed E-state index contributed by atoms with van der Waals surface area (Å²) in [6.45, 7) is 0. The minimum Gasteiger partial charge on any atom is -0.495 e. The molecule has 0 spiro atoms. The Hall–Kier alpha value is -1.58. The van der Waals surface area contributed by atoms with Crippen LogP contribution in [0.5, 0.6) is 5.75 Å². The highest BCUT2D eigenvalue weighted by Gasteiger charge is 2.10. The lowest BCUT2D eigenvalue weighted by molar-refractivity contribution is 0.177. The van der Waals surface area contributed by atoms with E-state index in [4.69, 9.17) is 16.3 Å². The normalized spacial score (nSPS) is 12.2. The van der Waals surface area contributed by atoms with Crippen LogP contribution in [0, 0.1) is 0 Å². The number of aromatic nitrogens is 1. The second-order valence-corrected chi connectivity index (χ2v) is 4.44. The van der Waals surface area contributed by atoms with Crippen molar-refractivity contribution in [3.05, 3.63) is 58.9 Å². The number of halogens is 1. The van der Waals surface area contributed by atoms with Gasteiger partial charge >= 0.3 is 0 Å². The number of methoxy groups -OCH3 is 1. The van der Waals surface area contributed by atoms with Crippen molar-refractivity contribution in [1.29, 1.82) is 0 Å². The summed E-state index contributed by atoms with van der Waals surface area (Å²) in [5.41, 5.74) is 1.76. The summed E-state index contributed by atoms with van der Waals surface area (Å²) in [6, 6.07) is 9.22. The molecule has 1 aromatic carbocycles. The molecule has 18 heavy (non-hydrogen) atoms. The van der Waals surface area contributed by atoms with Gasteiger partial charge in [-0.2, -0.15) is 0 Å². The highest BCUT2D eigenvalue weighted by Crippen LogP contribution is 2.21. The van der Waals surface area contributed by atoms with Crippen molar-refractivity contribution < 1.29 is 9.84 Å². The van der Waals surface area contributed by atoms with Crippen molar-refractivity contribution >= 4 is 11.6 Å². The van der Waals surface area contributed by atoms with Gasteiger partial charge in [0.1, 0.15) is 5.75 Å². The van der Waals surface area contributed by atoms with Gasteiger partial charge in [-0.15, -0.1) is 0 Å². The molecular formula is C14H14ClNO2. The quantitative estimate of drug-likeness (QED) is 0.922. The lowest BCUT2D eigenvalue weighted by Gasteiger charge is -2.11. The molecule has 0 radical (unpaired) electrons. The van der Waals surface area contributed by atoms with Gasteiger partial charge < -0.3 is 9.84 Å². The van der Waals surface area contributed by atoms with Crippen molar-refractivity contribution in [3.8, 4) is 5.75 Å². The van der Waals surface area contributed by atoms with Crippen molar-refractivity contribution in [1.82, 2.24) is 4.98 Å². The SMILES string of the molecule is COc1cncc(C(O)Cc2ccc(Cl)cc2)c1. The number of aliphatic hydroxyl groups excluding tert-OH is 1. The average molecular weight is 264 g/mol. The zero-order chi connectivity index (χ0) is 13.0. The van der Waals surface area contributed by atoms with Crippen molar-refractivity contribution in [2.75, 3.05) is 7.11 Å². The van der Waals surface area contributed by atoms with Crippen molar-refractivity contribution in [2.45, 2.75) is 12.5 Å². The van der Waals surface area contributed by atoms with Gasteiger partial charge in [0.2, 0.25) is 0 Å². The molecule has 0 fully saturated rings. The molecule has 4 heteroatoms. The number of hydrogen-bond acceptors (Lipinski definition) is 3. The molecule has 1 heterocycles. The third kappa shape index (κ3) is 3.22. The van der Waals surface area contributed by atoms with E-state index in [0.717, 1.165) is 11.1 Å². The Labute approximate surface area is 111 Å². The number of rotatable bonds is 4. The molecule has 0 aliphatic heterocycles. The summed E-state index contributed by atoms with van der Waals surface area (Å²) in [6.07, 6.45) is 3.17. The van der Waals surface area contributed by atoms with Gasteiger partial charge in [0, 0.05) is 23.2 Å². The Balaban J connectivity index is 2.11. The highest BCUT2D eigenvalue weighted by atomic mass is 35.5. The second kappa shape index (κ2) is 5.85. The molecule has 2 rings (SSSR count). The van der Waals surface area contributed by atoms with Crippen LogP contribution in [0.1, 0.15) is 17.2 Å². The number of ether oxygens (including phenoxy) is 1. The van der Waals surface area contributed by atoms with E-state index in [1.54, 1.807) is 25.6 Å². The third-order valence-corrected chi connectivity index (χ3v) is 2.95. The molecule has 1 unspecified atom stereocenters. The van der Waals surface area contributed by atoms with Gasteiger partial charge in [-0.3, -0.25) is 4.98 Å². The summed E-state index contributed by atoms with van der Waals surface area (Å²) in [4.78, 5) is 4.03. The first-order chi connectivity index (χ1) is 8.69. The first kappa shape index (κ1) is 12.9. The molecule has 1 atom stereocenters. The number of benzene rings is 1. The van der Waals surface area contributed by atoms with E-state index in [0.29, 0.717) is 17.2 Å². The molecule has 94 valence electrons. The van der Waals surface area contributed by atoms with E-state index in [1.165, 1.54) is 0 Å². The minimum absolute atomic E-state index is 0.520. The zero-order valence-electron chi connectivity index (χ0n) is 10.0. The van der Waals surface area contributed by atoms with Crippen LogP contribution in [0.15, 0.2) is 42.7 Å². The molecule has 2 aromatic rings. The molecule has 0 saturated heterocycles. The molecule has 3 nitrogen and oxygen atoms in total. The summed E-state index contributed by atoms with van der Waals surface area (Å²) in [5.74, 6) is 0.641. The Bertz CT molecular complexity index is 513. The topological polar surface area (TPSA) is 42.4 Å². The predicted octanol–water partition coefficient (Wildman–Crippen LogP) is 3.02. The fourth-order valence-corrected chi connectivity index (χ4v) is 1.82. The fraction of sp³-hybridized carbons (Fsp3) is 0.214. The lowest BCUT2D eigenvalue weighted by atomic mass is 10.0. The second-order valence-electron chi connectivity index (χ2n) is 4.00. The molecule has 0 bridgehead atoms. The van der Waals surface area contributed by atoms with Crippen LogP contribution in [0.3, 0.4) is 0 Å². The van der Waals surface area contributed by atoms with Crippen LogP contribution in [0.4, 0.5) is 0 Å². The Morgan fingerprint density at radius 1 is 1.28 bits per heavy atom. The molecule has 0 aliphatic carbocycles. The van der Waals surface area contributed by atoms with Gasteiger partial charge in [-0.05, 0) is 23.8 Å².